The highest BCUT2D eigenvalue weighted by Gasteiger charge is 2.13. The lowest BCUT2D eigenvalue weighted by Crippen LogP contribution is -1.95. The van der Waals surface area contributed by atoms with E-state index >= 15 is 0 Å². The van der Waals surface area contributed by atoms with Crippen LogP contribution in [0.3, 0.4) is 0 Å². The minimum Gasteiger partial charge on any atom is -0.478 e. The van der Waals surface area contributed by atoms with Crippen LogP contribution in [-0.4, -0.2) is 26.3 Å². The number of nitrogens with zero attached hydrogens (tertiary/aromatic N) is 3. The van der Waals surface area contributed by atoms with Gasteiger partial charge in [-0.15, -0.1) is 10.2 Å². The fourth-order valence-electron chi connectivity index (χ4n) is 1.73. The van der Waals surface area contributed by atoms with Crippen molar-refractivity contribution in [1.29, 1.82) is 0 Å². The molecule has 0 amide bonds. The fourth-order valence-corrected chi connectivity index (χ4v) is 1.97. The Labute approximate surface area is 127 Å². The molecule has 0 aliphatic rings. The van der Waals surface area contributed by atoms with Gasteiger partial charge in [0.05, 0.1) is 5.56 Å². The second-order valence-corrected chi connectivity index (χ2v) is 5.08. The first-order chi connectivity index (χ1) is 10.1. The van der Waals surface area contributed by atoms with E-state index < -0.39 is 5.97 Å². The van der Waals surface area contributed by atoms with Gasteiger partial charge >= 0.3 is 5.97 Å². The van der Waals surface area contributed by atoms with Crippen molar-refractivity contribution in [1.82, 2.24) is 15.2 Å². The zero-order valence-corrected chi connectivity index (χ0v) is 12.1. The molecule has 1 N–H and O–H groups in total. The maximum absolute atomic E-state index is 11.0. The molecule has 0 unspecified atom stereocenters. The first-order valence-electron chi connectivity index (χ1n) is 5.92. The summed E-state index contributed by atoms with van der Waals surface area (Å²) in [6, 6.07) is 9.87. The summed E-state index contributed by atoms with van der Waals surface area (Å²) in [5.41, 5.74) is 1.26. The Hall–Kier alpha value is -2.54. The summed E-state index contributed by atoms with van der Waals surface area (Å²) in [6.45, 7) is 0. The van der Waals surface area contributed by atoms with Crippen molar-refractivity contribution >= 4 is 21.9 Å². The molecule has 6 nitrogen and oxygen atoms in total. The smallest absolute Gasteiger partial charge is 0.335 e. The average molecular weight is 346 g/mol. The second kappa shape index (κ2) is 5.45. The zero-order valence-electron chi connectivity index (χ0n) is 10.5. The summed E-state index contributed by atoms with van der Waals surface area (Å²) in [5.74, 6) is -0.484. The van der Waals surface area contributed by atoms with E-state index in [1.807, 2.05) is 6.07 Å². The third kappa shape index (κ3) is 2.82. The van der Waals surface area contributed by atoms with Gasteiger partial charge in [0.25, 0.3) is 5.89 Å². The highest BCUT2D eigenvalue weighted by Crippen LogP contribution is 2.24. The molecule has 2 aromatic heterocycles. The van der Waals surface area contributed by atoms with E-state index in [4.69, 9.17) is 9.52 Å². The molecule has 0 saturated heterocycles. The molecule has 0 saturated carbocycles. The number of rotatable bonds is 3. The Morgan fingerprint density at radius 1 is 1.14 bits per heavy atom. The Morgan fingerprint density at radius 3 is 2.67 bits per heavy atom. The molecular formula is C14H8BrN3O3. The van der Waals surface area contributed by atoms with E-state index in [0.717, 1.165) is 4.47 Å². The molecule has 3 rings (SSSR count). The summed E-state index contributed by atoms with van der Waals surface area (Å²) >= 11 is 3.30. The fraction of sp³-hybridized carbons (Fsp3) is 0. The van der Waals surface area contributed by atoms with E-state index in [0.29, 0.717) is 11.3 Å². The van der Waals surface area contributed by atoms with Gasteiger partial charge < -0.3 is 9.52 Å². The maximum Gasteiger partial charge on any atom is 0.335 e. The van der Waals surface area contributed by atoms with Crippen molar-refractivity contribution in [3.63, 3.8) is 0 Å². The Morgan fingerprint density at radius 2 is 1.95 bits per heavy atom. The minimum absolute atomic E-state index is 0.161. The molecule has 0 radical (unpaired) electrons. The van der Waals surface area contributed by atoms with Gasteiger partial charge in [-0.1, -0.05) is 6.07 Å². The lowest BCUT2D eigenvalue weighted by atomic mass is 10.1. The molecule has 21 heavy (non-hydrogen) atoms. The molecule has 7 heteroatoms. The second-order valence-electron chi connectivity index (χ2n) is 4.16. The molecule has 2 heterocycles. The van der Waals surface area contributed by atoms with Crippen LogP contribution in [0.4, 0.5) is 0 Å². The Balaban J connectivity index is 1.96. The maximum atomic E-state index is 11.0. The van der Waals surface area contributed by atoms with Crippen LogP contribution < -0.4 is 0 Å². The molecule has 1 aromatic carbocycles. The van der Waals surface area contributed by atoms with Crippen molar-refractivity contribution < 1.29 is 14.3 Å². The molecular weight excluding hydrogens is 338 g/mol. The number of hydrogen-bond donors (Lipinski definition) is 1. The van der Waals surface area contributed by atoms with Crippen LogP contribution in [-0.2, 0) is 0 Å². The van der Waals surface area contributed by atoms with E-state index in [1.54, 1.807) is 24.4 Å². The topological polar surface area (TPSA) is 89.1 Å². The SMILES string of the molecule is O=C(O)c1cccc(-c2nnc(-c3ccc(Br)cn3)o2)c1. The lowest BCUT2D eigenvalue weighted by Gasteiger charge is -1.97. The summed E-state index contributed by atoms with van der Waals surface area (Å²) in [5, 5.41) is 16.8. The van der Waals surface area contributed by atoms with Gasteiger partial charge in [0, 0.05) is 16.2 Å². The van der Waals surface area contributed by atoms with Gasteiger partial charge in [-0.2, -0.15) is 0 Å². The summed E-state index contributed by atoms with van der Waals surface area (Å²) in [4.78, 5) is 15.1. The van der Waals surface area contributed by atoms with Gasteiger partial charge in [-0.3, -0.25) is 0 Å². The van der Waals surface area contributed by atoms with Crippen molar-refractivity contribution in [2.24, 2.45) is 0 Å². The number of carboxylic acids is 1. The van der Waals surface area contributed by atoms with E-state index in [1.165, 1.54) is 12.1 Å². The van der Waals surface area contributed by atoms with Gasteiger partial charge in [0.1, 0.15) is 5.69 Å². The monoisotopic (exact) mass is 345 g/mol. The molecule has 3 aromatic rings. The van der Waals surface area contributed by atoms with Crippen LogP contribution >= 0.6 is 15.9 Å². The van der Waals surface area contributed by atoms with E-state index in [-0.39, 0.29) is 17.3 Å². The standard InChI is InChI=1S/C14H8BrN3O3/c15-10-4-5-11(16-7-10)13-18-17-12(21-13)8-2-1-3-9(6-8)14(19)20/h1-7H,(H,19,20). The first kappa shape index (κ1) is 13.4. The van der Waals surface area contributed by atoms with Crippen LogP contribution in [0.1, 0.15) is 10.4 Å². The number of pyridine rings is 1. The number of benzene rings is 1. The van der Waals surface area contributed by atoms with Crippen molar-refractivity contribution in [2.75, 3.05) is 0 Å². The van der Waals surface area contributed by atoms with Gasteiger partial charge in [0.2, 0.25) is 5.89 Å². The minimum atomic E-state index is -1.01. The molecule has 0 bridgehead atoms. The molecule has 0 spiro atoms. The molecule has 104 valence electrons. The summed E-state index contributed by atoms with van der Waals surface area (Å²) < 4.78 is 6.38. The number of halogens is 1. The van der Waals surface area contributed by atoms with Crippen LogP contribution in [0.2, 0.25) is 0 Å². The predicted octanol–water partition coefficient (Wildman–Crippen LogP) is 3.26. The van der Waals surface area contributed by atoms with Crippen LogP contribution in [0.15, 0.2) is 51.5 Å². The summed E-state index contributed by atoms with van der Waals surface area (Å²) in [6.07, 6.45) is 1.63. The predicted molar refractivity (Wildman–Crippen MR) is 77.6 cm³/mol. The molecule has 0 atom stereocenters. The van der Waals surface area contributed by atoms with Gasteiger partial charge in [0.15, 0.2) is 0 Å². The van der Waals surface area contributed by atoms with Gasteiger partial charge in [-0.05, 0) is 46.3 Å². The molecule has 0 fully saturated rings. The molecule has 0 aliphatic carbocycles. The van der Waals surface area contributed by atoms with Crippen LogP contribution in [0.5, 0.6) is 0 Å². The van der Waals surface area contributed by atoms with E-state index in [2.05, 4.69) is 31.1 Å². The van der Waals surface area contributed by atoms with Crippen LogP contribution in [0.25, 0.3) is 23.0 Å². The van der Waals surface area contributed by atoms with Crippen molar-refractivity contribution in [3.8, 4) is 23.0 Å². The van der Waals surface area contributed by atoms with Gasteiger partial charge in [-0.25, -0.2) is 9.78 Å². The third-order valence-corrected chi connectivity index (χ3v) is 3.20. The Bertz CT molecular complexity index is 799. The number of aromatic nitrogens is 3. The number of hydrogen-bond acceptors (Lipinski definition) is 5. The number of aromatic carboxylic acids is 1. The first-order valence-corrected chi connectivity index (χ1v) is 6.72. The summed E-state index contributed by atoms with van der Waals surface area (Å²) in [7, 11) is 0. The average Bonchev–Trinajstić information content (AvgIpc) is 2.98. The normalized spacial score (nSPS) is 10.5. The molecule has 0 aliphatic heterocycles. The lowest BCUT2D eigenvalue weighted by molar-refractivity contribution is 0.0697. The Kier molecular flexibility index (Phi) is 3.49. The van der Waals surface area contributed by atoms with Crippen molar-refractivity contribution in [3.05, 3.63) is 52.6 Å². The highest BCUT2D eigenvalue weighted by molar-refractivity contribution is 9.10. The largest absolute Gasteiger partial charge is 0.478 e. The van der Waals surface area contributed by atoms with Crippen molar-refractivity contribution in [2.45, 2.75) is 0 Å². The van der Waals surface area contributed by atoms with Crippen LogP contribution in [0, 0.1) is 0 Å². The zero-order chi connectivity index (χ0) is 14.8. The third-order valence-electron chi connectivity index (χ3n) is 2.73. The highest BCUT2D eigenvalue weighted by atomic mass is 79.9. The van der Waals surface area contributed by atoms with E-state index in [9.17, 15) is 4.79 Å². The number of carbonyl (C=O) groups is 1. The quantitative estimate of drug-likeness (QED) is 0.783. The number of carboxylic acid groups (broad SMARTS) is 1.